The largest absolute Gasteiger partial charge is 0.361 e. The zero-order valence-corrected chi connectivity index (χ0v) is 11.8. The summed E-state index contributed by atoms with van der Waals surface area (Å²) in [6.07, 6.45) is 1.84. The van der Waals surface area contributed by atoms with Gasteiger partial charge in [-0.3, -0.25) is 4.79 Å². The van der Waals surface area contributed by atoms with E-state index in [4.69, 9.17) is 0 Å². The summed E-state index contributed by atoms with van der Waals surface area (Å²) < 4.78 is 1.11. The first-order chi connectivity index (χ1) is 10.3. The van der Waals surface area contributed by atoms with Gasteiger partial charge in [0.2, 0.25) is 0 Å². The first-order valence-corrected chi connectivity index (χ1v) is 7.40. The summed E-state index contributed by atoms with van der Waals surface area (Å²) in [5.41, 5.74) is 5.07. The SMILES string of the molecule is O=C(Nc1ccc2scnc2c1)c1cccc2[nH]ccc12. The number of anilines is 1. The van der Waals surface area contributed by atoms with Gasteiger partial charge in [0.05, 0.1) is 15.7 Å². The van der Waals surface area contributed by atoms with Crippen molar-refractivity contribution in [2.45, 2.75) is 0 Å². The third kappa shape index (κ3) is 2.08. The molecule has 4 rings (SSSR count). The molecule has 0 aliphatic carbocycles. The Bertz CT molecular complexity index is 954. The molecule has 21 heavy (non-hydrogen) atoms. The highest BCUT2D eigenvalue weighted by Gasteiger charge is 2.11. The van der Waals surface area contributed by atoms with Crippen LogP contribution < -0.4 is 5.32 Å². The zero-order chi connectivity index (χ0) is 14.2. The van der Waals surface area contributed by atoms with Gasteiger partial charge in [0.1, 0.15) is 0 Å². The number of nitrogens with one attached hydrogen (secondary N) is 2. The van der Waals surface area contributed by atoms with Crippen LogP contribution in [0.2, 0.25) is 0 Å². The maximum Gasteiger partial charge on any atom is 0.256 e. The van der Waals surface area contributed by atoms with Crippen molar-refractivity contribution in [2.24, 2.45) is 0 Å². The van der Waals surface area contributed by atoms with Crippen LogP contribution >= 0.6 is 11.3 Å². The molecule has 1 amide bonds. The minimum Gasteiger partial charge on any atom is -0.361 e. The molecule has 0 radical (unpaired) electrons. The molecule has 0 fully saturated rings. The van der Waals surface area contributed by atoms with Crippen LogP contribution in [0, 0.1) is 0 Å². The number of hydrogen-bond acceptors (Lipinski definition) is 3. The van der Waals surface area contributed by atoms with Gasteiger partial charge in [0.25, 0.3) is 5.91 Å². The molecule has 2 heterocycles. The third-order valence-corrected chi connectivity index (χ3v) is 4.24. The zero-order valence-electron chi connectivity index (χ0n) is 11.0. The number of rotatable bonds is 2. The normalized spacial score (nSPS) is 11.0. The standard InChI is InChI=1S/C16H11N3OS/c20-16(12-2-1-3-13-11(12)6-7-17-13)19-10-4-5-15-14(8-10)18-9-21-15/h1-9,17H,(H,19,20). The molecule has 4 aromatic rings. The minimum atomic E-state index is -0.116. The Hall–Kier alpha value is -2.66. The molecule has 0 aliphatic rings. The van der Waals surface area contributed by atoms with E-state index in [0.29, 0.717) is 5.56 Å². The average Bonchev–Trinajstić information content (AvgIpc) is 3.14. The Balaban J connectivity index is 1.70. The Labute approximate surface area is 124 Å². The predicted molar refractivity (Wildman–Crippen MR) is 85.9 cm³/mol. The molecule has 5 heteroatoms. The van der Waals surface area contributed by atoms with Crippen LogP contribution in [0.5, 0.6) is 0 Å². The van der Waals surface area contributed by atoms with E-state index in [2.05, 4.69) is 15.3 Å². The van der Waals surface area contributed by atoms with Crippen LogP contribution in [0.4, 0.5) is 5.69 Å². The quantitative estimate of drug-likeness (QED) is 0.586. The van der Waals surface area contributed by atoms with Crippen molar-refractivity contribution in [1.29, 1.82) is 0 Å². The van der Waals surface area contributed by atoms with Crippen LogP contribution in [-0.2, 0) is 0 Å². The second kappa shape index (κ2) is 4.71. The summed E-state index contributed by atoms with van der Waals surface area (Å²) in [5.74, 6) is -0.116. The molecular formula is C16H11N3OS. The molecule has 0 bridgehead atoms. The third-order valence-electron chi connectivity index (χ3n) is 3.43. The second-order valence-corrected chi connectivity index (χ2v) is 5.62. The number of benzene rings is 2. The van der Waals surface area contributed by atoms with Crippen LogP contribution in [0.25, 0.3) is 21.1 Å². The number of H-pyrrole nitrogens is 1. The van der Waals surface area contributed by atoms with E-state index in [-0.39, 0.29) is 5.91 Å². The van der Waals surface area contributed by atoms with E-state index in [1.165, 1.54) is 0 Å². The van der Waals surface area contributed by atoms with E-state index in [9.17, 15) is 4.79 Å². The van der Waals surface area contributed by atoms with Crippen molar-refractivity contribution in [3.63, 3.8) is 0 Å². The molecule has 0 unspecified atom stereocenters. The van der Waals surface area contributed by atoms with Gasteiger partial charge in [-0.05, 0) is 36.4 Å². The molecule has 0 aliphatic heterocycles. The number of thiazole rings is 1. The molecule has 2 aromatic carbocycles. The van der Waals surface area contributed by atoms with Gasteiger partial charge in [-0.1, -0.05) is 6.07 Å². The van der Waals surface area contributed by atoms with Crippen molar-refractivity contribution < 1.29 is 4.79 Å². The smallest absolute Gasteiger partial charge is 0.256 e. The number of carbonyl (C=O) groups excluding carboxylic acids is 1. The van der Waals surface area contributed by atoms with Crippen molar-refractivity contribution in [2.75, 3.05) is 5.32 Å². The highest BCUT2D eigenvalue weighted by atomic mass is 32.1. The Kier molecular flexibility index (Phi) is 2.72. The van der Waals surface area contributed by atoms with Crippen molar-refractivity contribution in [3.8, 4) is 0 Å². The minimum absolute atomic E-state index is 0.116. The van der Waals surface area contributed by atoms with Crippen LogP contribution in [0.1, 0.15) is 10.4 Å². The van der Waals surface area contributed by atoms with E-state index in [1.807, 2.05) is 48.7 Å². The van der Waals surface area contributed by atoms with Crippen molar-refractivity contribution in [3.05, 3.63) is 59.7 Å². The summed E-state index contributed by atoms with van der Waals surface area (Å²) in [6.45, 7) is 0. The van der Waals surface area contributed by atoms with E-state index in [0.717, 1.165) is 26.8 Å². The van der Waals surface area contributed by atoms with Crippen LogP contribution in [-0.4, -0.2) is 15.9 Å². The maximum atomic E-state index is 12.5. The summed E-state index contributed by atoms with van der Waals surface area (Å²) >= 11 is 1.59. The Morgan fingerprint density at radius 1 is 1.19 bits per heavy atom. The van der Waals surface area contributed by atoms with Gasteiger partial charge < -0.3 is 10.3 Å². The second-order valence-electron chi connectivity index (χ2n) is 4.73. The average molecular weight is 293 g/mol. The van der Waals surface area contributed by atoms with Gasteiger partial charge in [0.15, 0.2) is 0 Å². The Morgan fingerprint density at radius 2 is 2.14 bits per heavy atom. The number of fused-ring (bicyclic) bond motifs is 2. The lowest BCUT2D eigenvalue weighted by atomic mass is 10.1. The number of nitrogens with zero attached hydrogens (tertiary/aromatic N) is 1. The Morgan fingerprint density at radius 3 is 3.10 bits per heavy atom. The summed E-state index contributed by atoms with van der Waals surface area (Å²) in [5, 5.41) is 3.85. The highest BCUT2D eigenvalue weighted by Crippen LogP contribution is 2.23. The van der Waals surface area contributed by atoms with Crippen LogP contribution in [0.15, 0.2) is 54.2 Å². The van der Waals surface area contributed by atoms with Gasteiger partial charge in [-0.2, -0.15) is 0 Å². The fourth-order valence-corrected chi connectivity index (χ4v) is 3.08. The number of aromatic amines is 1. The van der Waals surface area contributed by atoms with Gasteiger partial charge >= 0.3 is 0 Å². The number of carbonyl (C=O) groups is 1. The first-order valence-electron chi connectivity index (χ1n) is 6.52. The monoisotopic (exact) mass is 293 g/mol. The van der Waals surface area contributed by atoms with E-state index in [1.54, 1.807) is 16.8 Å². The predicted octanol–water partition coefficient (Wildman–Crippen LogP) is 4.03. The lowest BCUT2D eigenvalue weighted by Gasteiger charge is -2.06. The topological polar surface area (TPSA) is 57.8 Å². The maximum absolute atomic E-state index is 12.5. The summed E-state index contributed by atoms with van der Waals surface area (Å²) in [4.78, 5) is 19.8. The van der Waals surface area contributed by atoms with Crippen molar-refractivity contribution >= 4 is 44.1 Å². The number of aromatic nitrogens is 2. The number of hydrogen-bond donors (Lipinski definition) is 2. The lowest BCUT2D eigenvalue weighted by Crippen LogP contribution is -2.12. The fourth-order valence-electron chi connectivity index (χ4n) is 2.42. The van der Waals surface area contributed by atoms with Gasteiger partial charge in [-0.15, -0.1) is 11.3 Å². The first kappa shape index (κ1) is 12.1. The molecule has 2 N–H and O–H groups in total. The molecule has 0 saturated carbocycles. The molecular weight excluding hydrogens is 282 g/mol. The fraction of sp³-hybridized carbons (Fsp3) is 0. The van der Waals surface area contributed by atoms with Crippen LogP contribution in [0.3, 0.4) is 0 Å². The van der Waals surface area contributed by atoms with E-state index < -0.39 is 0 Å². The lowest BCUT2D eigenvalue weighted by molar-refractivity contribution is 0.102. The number of amides is 1. The molecule has 2 aromatic heterocycles. The van der Waals surface area contributed by atoms with Gasteiger partial charge in [-0.25, -0.2) is 4.98 Å². The molecule has 0 saturated heterocycles. The highest BCUT2D eigenvalue weighted by molar-refractivity contribution is 7.16. The molecule has 0 spiro atoms. The van der Waals surface area contributed by atoms with Gasteiger partial charge in [0, 0.05) is 28.4 Å². The summed E-state index contributed by atoms with van der Waals surface area (Å²) in [6, 6.07) is 13.3. The molecule has 0 atom stereocenters. The summed E-state index contributed by atoms with van der Waals surface area (Å²) in [7, 11) is 0. The molecule has 102 valence electrons. The van der Waals surface area contributed by atoms with Crippen molar-refractivity contribution in [1.82, 2.24) is 9.97 Å². The van der Waals surface area contributed by atoms with E-state index >= 15 is 0 Å². The molecule has 4 nitrogen and oxygen atoms in total.